The van der Waals surface area contributed by atoms with Gasteiger partial charge in [0, 0.05) is 11.1 Å². The molecule has 0 saturated carbocycles. The lowest BCUT2D eigenvalue weighted by molar-refractivity contribution is 0.482. The molecule has 0 amide bonds. The molecule has 12 heavy (non-hydrogen) atoms. The van der Waals surface area contributed by atoms with Crippen molar-refractivity contribution in [2.45, 2.75) is 0 Å². The van der Waals surface area contributed by atoms with Crippen LogP contribution in [0.5, 0.6) is 5.75 Å². The van der Waals surface area contributed by atoms with Gasteiger partial charge in [-0.1, -0.05) is 0 Å². The van der Waals surface area contributed by atoms with Crippen molar-refractivity contribution in [1.29, 1.82) is 0 Å². The van der Waals surface area contributed by atoms with Gasteiger partial charge in [0.1, 0.15) is 5.75 Å². The van der Waals surface area contributed by atoms with E-state index < -0.39 is 0 Å². The van der Waals surface area contributed by atoms with Gasteiger partial charge in [0.25, 0.3) is 0 Å². The van der Waals surface area contributed by atoms with Gasteiger partial charge in [0.05, 0.1) is 7.58 Å². The highest BCUT2D eigenvalue weighted by Gasteiger charge is 2.06. The largest absolute Gasteiger partial charge is 0.507 e. The highest BCUT2D eigenvalue weighted by molar-refractivity contribution is 14.1. The fourth-order valence-electron chi connectivity index (χ4n) is 1.10. The van der Waals surface area contributed by atoms with E-state index in [0.29, 0.717) is 5.75 Å². The van der Waals surface area contributed by atoms with Gasteiger partial charge in [-0.2, -0.15) is 0 Å². The Morgan fingerprint density at radius 2 is 2.17 bits per heavy atom. The number of thiophene rings is 1. The van der Waals surface area contributed by atoms with Gasteiger partial charge in [-0.25, -0.2) is 0 Å². The highest BCUT2D eigenvalue weighted by atomic mass is 127. The summed E-state index contributed by atoms with van der Waals surface area (Å²) in [6.45, 7) is 0. The predicted molar refractivity (Wildman–Crippen MR) is 60.6 cm³/mol. The SMILES string of the molecule is Nc1ccc(O)c2cc(I)sc12. The van der Waals surface area contributed by atoms with Crippen LogP contribution in [0.2, 0.25) is 0 Å². The molecule has 0 bridgehead atoms. The Morgan fingerprint density at radius 3 is 2.83 bits per heavy atom. The Morgan fingerprint density at radius 1 is 1.42 bits per heavy atom. The summed E-state index contributed by atoms with van der Waals surface area (Å²) in [4.78, 5) is 0. The van der Waals surface area contributed by atoms with Crippen LogP contribution in [-0.4, -0.2) is 5.11 Å². The lowest BCUT2D eigenvalue weighted by Crippen LogP contribution is -1.82. The van der Waals surface area contributed by atoms with E-state index in [1.165, 1.54) is 0 Å². The molecule has 2 rings (SSSR count). The smallest absolute Gasteiger partial charge is 0.124 e. The van der Waals surface area contributed by atoms with Crippen LogP contribution < -0.4 is 5.73 Å². The van der Waals surface area contributed by atoms with E-state index in [1.807, 2.05) is 6.07 Å². The average Bonchev–Trinajstić information content (AvgIpc) is 2.41. The van der Waals surface area contributed by atoms with E-state index in [2.05, 4.69) is 22.6 Å². The van der Waals surface area contributed by atoms with E-state index >= 15 is 0 Å². The van der Waals surface area contributed by atoms with Gasteiger partial charge in [0.2, 0.25) is 0 Å². The fraction of sp³-hybridized carbons (Fsp3) is 0. The van der Waals surface area contributed by atoms with E-state index in [-0.39, 0.29) is 0 Å². The maximum absolute atomic E-state index is 9.46. The molecule has 1 aromatic carbocycles. The number of nitrogen functional groups attached to an aromatic ring is 1. The minimum atomic E-state index is 0.304. The number of fused-ring (bicyclic) bond motifs is 1. The van der Waals surface area contributed by atoms with Crippen molar-refractivity contribution in [2.75, 3.05) is 5.73 Å². The second kappa shape index (κ2) is 2.77. The summed E-state index contributed by atoms with van der Waals surface area (Å²) in [6, 6.07) is 5.29. The number of phenolic OH excluding ortho intramolecular Hbond substituents is 1. The molecule has 1 heterocycles. The number of phenols is 1. The first kappa shape index (κ1) is 8.12. The van der Waals surface area contributed by atoms with Gasteiger partial charge in [0.15, 0.2) is 0 Å². The number of anilines is 1. The van der Waals surface area contributed by atoms with Crippen LogP contribution in [0, 0.1) is 2.88 Å². The second-order valence-corrected chi connectivity index (χ2v) is 5.41. The van der Waals surface area contributed by atoms with Crippen molar-refractivity contribution in [3.05, 3.63) is 21.1 Å². The molecule has 2 nitrogen and oxygen atoms in total. The predicted octanol–water partition coefficient (Wildman–Crippen LogP) is 2.79. The molecule has 0 radical (unpaired) electrons. The molecule has 0 spiro atoms. The van der Waals surface area contributed by atoms with Crippen molar-refractivity contribution in [2.24, 2.45) is 0 Å². The molecule has 4 heteroatoms. The molecule has 0 aliphatic rings. The summed E-state index contributed by atoms with van der Waals surface area (Å²) >= 11 is 3.81. The molecule has 0 atom stereocenters. The maximum Gasteiger partial charge on any atom is 0.124 e. The van der Waals surface area contributed by atoms with Crippen LogP contribution in [0.1, 0.15) is 0 Å². The number of hydrogen-bond acceptors (Lipinski definition) is 3. The minimum Gasteiger partial charge on any atom is -0.507 e. The lowest BCUT2D eigenvalue weighted by atomic mass is 10.2. The molecule has 0 fully saturated rings. The standard InChI is InChI=1S/C8H6INOS/c9-7-3-4-6(11)2-1-5(10)8(4)12-7/h1-3,11H,10H2. The first-order valence-corrected chi connectivity index (χ1v) is 5.24. The molecule has 1 aromatic heterocycles. The fourth-order valence-corrected chi connectivity index (χ4v) is 2.90. The monoisotopic (exact) mass is 291 g/mol. The summed E-state index contributed by atoms with van der Waals surface area (Å²) in [5.41, 5.74) is 6.47. The van der Waals surface area contributed by atoms with Crippen LogP contribution in [-0.2, 0) is 0 Å². The first-order valence-electron chi connectivity index (χ1n) is 3.35. The zero-order valence-corrected chi connectivity index (χ0v) is 9.02. The summed E-state index contributed by atoms with van der Waals surface area (Å²) in [5, 5.41) is 10.3. The highest BCUT2D eigenvalue weighted by Crippen LogP contribution is 2.36. The van der Waals surface area contributed by atoms with Crippen molar-refractivity contribution >= 4 is 49.7 Å². The second-order valence-electron chi connectivity index (χ2n) is 2.47. The quantitative estimate of drug-likeness (QED) is 0.445. The molecule has 0 aliphatic heterocycles. The summed E-state index contributed by atoms with van der Waals surface area (Å²) in [6.07, 6.45) is 0. The number of hydrogen-bond donors (Lipinski definition) is 2. The summed E-state index contributed by atoms with van der Waals surface area (Å²) in [7, 11) is 0. The summed E-state index contributed by atoms with van der Waals surface area (Å²) in [5.74, 6) is 0.304. The van der Waals surface area contributed by atoms with Crippen LogP contribution in [0.25, 0.3) is 10.1 Å². The average molecular weight is 291 g/mol. The van der Waals surface area contributed by atoms with E-state index in [9.17, 15) is 5.11 Å². The Balaban J connectivity index is 2.93. The molecule has 2 aromatic rings. The Hall–Kier alpha value is -0.490. The van der Waals surface area contributed by atoms with E-state index in [0.717, 1.165) is 18.7 Å². The molecular weight excluding hydrogens is 285 g/mol. The van der Waals surface area contributed by atoms with Crippen LogP contribution in [0.15, 0.2) is 18.2 Å². The van der Waals surface area contributed by atoms with Crippen molar-refractivity contribution in [3.63, 3.8) is 0 Å². The number of rotatable bonds is 0. The lowest BCUT2D eigenvalue weighted by Gasteiger charge is -1.96. The van der Waals surface area contributed by atoms with E-state index in [4.69, 9.17) is 5.73 Å². The number of halogens is 1. The maximum atomic E-state index is 9.46. The Kier molecular flexibility index (Phi) is 1.88. The minimum absolute atomic E-state index is 0.304. The molecule has 62 valence electrons. The van der Waals surface area contributed by atoms with Gasteiger partial charge < -0.3 is 10.8 Å². The first-order chi connectivity index (χ1) is 5.68. The van der Waals surface area contributed by atoms with Gasteiger partial charge in [-0.05, 0) is 40.8 Å². The normalized spacial score (nSPS) is 10.8. The van der Waals surface area contributed by atoms with Gasteiger partial charge in [-0.3, -0.25) is 0 Å². The van der Waals surface area contributed by atoms with Crippen molar-refractivity contribution in [3.8, 4) is 5.75 Å². The van der Waals surface area contributed by atoms with Crippen LogP contribution >= 0.6 is 33.9 Å². The summed E-state index contributed by atoms with van der Waals surface area (Å²) < 4.78 is 2.11. The Bertz CT molecular complexity index is 399. The topological polar surface area (TPSA) is 46.2 Å². The molecule has 3 N–H and O–H groups in total. The third-order valence-electron chi connectivity index (χ3n) is 1.66. The van der Waals surface area contributed by atoms with Gasteiger partial charge in [-0.15, -0.1) is 11.3 Å². The zero-order chi connectivity index (χ0) is 8.72. The third-order valence-corrected chi connectivity index (χ3v) is 3.61. The number of benzene rings is 1. The number of aromatic hydroxyl groups is 1. The van der Waals surface area contributed by atoms with Crippen LogP contribution in [0.3, 0.4) is 0 Å². The number of nitrogens with two attached hydrogens (primary N) is 1. The molecule has 0 saturated heterocycles. The van der Waals surface area contributed by atoms with Gasteiger partial charge >= 0.3 is 0 Å². The zero-order valence-electron chi connectivity index (χ0n) is 6.04. The molecular formula is C8H6INOS. The van der Waals surface area contributed by atoms with Crippen LogP contribution in [0.4, 0.5) is 5.69 Å². The molecule has 0 unspecified atom stereocenters. The Labute approximate surface area is 87.1 Å². The van der Waals surface area contributed by atoms with Crippen molar-refractivity contribution in [1.82, 2.24) is 0 Å². The van der Waals surface area contributed by atoms with Crippen molar-refractivity contribution < 1.29 is 5.11 Å². The van der Waals surface area contributed by atoms with E-state index in [1.54, 1.807) is 23.5 Å². The molecule has 0 aliphatic carbocycles. The third kappa shape index (κ3) is 1.15.